The summed E-state index contributed by atoms with van der Waals surface area (Å²) in [6.45, 7) is 5.30. The molecule has 1 saturated carbocycles. The van der Waals surface area contributed by atoms with Crippen molar-refractivity contribution in [1.29, 1.82) is 0 Å². The quantitative estimate of drug-likeness (QED) is 0.685. The number of hydrogen-bond acceptors (Lipinski definition) is 2. The summed E-state index contributed by atoms with van der Waals surface area (Å²) >= 11 is 0. The van der Waals surface area contributed by atoms with Crippen LogP contribution in [0.1, 0.15) is 78.0 Å². The molecule has 5 rings (SSSR count). The van der Waals surface area contributed by atoms with Crippen LogP contribution in [-0.2, 0) is 0 Å². The van der Waals surface area contributed by atoms with E-state index in [2.05, 4.69) is 40.5 Å². The second kappa shape index (κ2) is 7.85. The number of hydrogen-bond donors (Lipinski definition) is 1. The Balaban J connectivity index is 1.50. The normalized spacial score (nSPS) is 27.1. The maximum absolute atomic E-state index is 13.6. The molecule has 0 aromatic heterocycles. The largest absolute Gasteiger partial charge is 0.343 e. The number of amides is 1. The molecule has 2 aromatic carbocycles. The molecule has 0 spiro atoms. The summed E-state index contributed by atoms with van der Waals surface area (Å²) in [5.74, 6) is 0.932. The number of benzene rings is 2. The molecule has 2 aromatic rings. The molecule has 1 aliphatic carbocycles. The van der Waals surface area contributed by atoms with Crippen molar-refractivity contribution in [2.45, 2.75) is 76.4 Å². The number of rotatable bonds is 6. The number of aryl methyl sites for hydroxylation is 2. The van der Waals surface area contributed by atoms with Crippen molar-refractivity contribution >= 4 is 5.91 Å². The van der Waals surface area contributed by atoms with E-state index in [0.717, 1.165) is 22.6 Å². The van der Waals surface area contributed by atoms with Gasteiger partial charge in [0.2, 0.25) is 0 Å². The second-order valence-corrected chi connectivity index (χ2v) is 9.87. The average Bonchev–Trinajstić information content (AvgIpc) is 3.24. The van der Waals surface area contributed by atoms with E-state index in [9.17, 15) is 4.79 Å². The van der Waals surface area contributed by atoms with Gasteiger partial charge in [-0.15, -0.1) is 0 Å². The van der Waals surface area contributed by atoms with Gasteiger partial charge in [-0.2, -0.15) is 0 Å². The second-order valence-electron chi connectivity index (χ2n) is 9.87. The lowest BCUT2D eigenvalue weighted by Crippen LogP contribution is -2.54. The van der Waals surface area contributed by atoms with Crippen LogP contribution in [0.15, 0.2) is 48.5 Å². The number of nitrogens with zero attached hydrogens (tertiary/aromatic N) is 1. The highest BCUT2D eigenvalue weighted by Gasteiger charge is 2.56. The van der Waals surface area contributed by atoms with E-state index < -0.39 is 0 Å². The molecular formula is C27H34N2O. The number of nitrogens with one attached hydrogen (secondary N) is 1. The van der Waals surface area contributed by atoms with E-state index in [-0.39, 0.29) is 17.5 Å². The van der Waals surface area contributed by atoms with Crippen LogP contribution in [0.25, 0.3) is 0 Å². The molecule has 3 nitrogen and oxygen atoms in total. The van der Waals surface area contributed by atoms with Crippen LogP contribution < -0.4 is 5.32 Å². The van der Waals surface area contributed by atoms with Crippen LogP contribution in [0, 0.1) is 19.8 Å². The monoisotopic (exact) mass is 402 g/mol. The molecule has 158 valence electrons. The minimum Gasteiger partial charge on any atom is -0.343 e. The SMILES string of the molecule is Cc1cccc(C)c1C(=O)N[C@H](c1ccccc1)C12CCC(CC1)N2CC1CCC1. The summed E-state index contributed by atoms with van der Waals surface area (Å²) in [6, 6.07) is 17.6. The summed E-state index contributed by atoms with van der Waals surface area (Å²) in [4.78, 5) is 16.4. The van der Waals surface area contributed by atoms with Crippen LogP contribution in [0.3, 0.4) is 0 Å². The van der Waals surface area contributed by atoms with E-state index in [1.54, 1.807) is 0 Å². The molecule has 2 heterocycles. The number of fused-ring (bicyclic) bond motifs is 2. The zero-order chi connectivity index (χ0) is 20.7. The van der Waals surface area contributed by atoms with Crippen molar-refractivity contribution in [1.82, 2.24) is 10.2 Å². The van der Waals surface area contributed by atoms with Gasteiger partial charge in [0.05, 0.1) is 6.04 Å². The van der Waals surface area contributed by atoms with Gasteiger partial charge < -0.3 is 5.32 Å². The predicted octanol–water partition coefficient (Wildman–Crippen LogP) is 5.57. The molecule has 3 aliphatic rings. The highest BCUT2D eigenvalue weighted by Crippen LogP contribution is 2.53. The molecule has 1 atom stereocenters. The minimum absolute atomic E-state index is 0.0396. The molecule has 2 aliphatic heterocycles. The fraction of sp³-hybridized carbons (Fsp3) is 0.519. The van der Waals surface area contributed by atoms with Crippen LogP contribution in [-0.4, -0.2) is 28.9 Å². The molecule has 1 amide bonds. The lowest BCUT2D eigenvalue weighted by Gasteiger charge is -2.45. The Morgan fingerprint density at radius 3 is 2.27 bits per heavy atom. The summed E-state index contributed by atoms with van der Waals surface area (Å²) in [5.41, 5.74) is 4.26. The van der Waals surface area contributed by atoms with Gasteiger partial charge in [0.15, 0.2) is 0 Å². The summed E-state index contributed by atoms with van der Waals surface area (Å²) < 4.78 is 0. The van der Waals surface area contributed by atoms with Crippen molar-refractivity contribution in [3.05, 3.63) is 70.8 Å². The fourth-order valence-corrected chi connectivity index (χ4v) is 6.35. The molecule has 0 radical (unpaired) electrons. The van der Waals surface area contributed by atoms with E-state index >= 15 is 0 Å². The maximum atomic E-state index is 13.6. The highest BCUT2D eigenvalue weighted by molar-refractivity contribution is 5.97. The topological polar surface area (TPSA) is 32.3 Å². The Labute approximate surface area is 180 Å². The van der Waals surface area contributed by atoms with Gasteiger partial charge in [0.25, 0.3) is 5.91 Å². The average molecular weight is 403 g/mol. The minimum atomic E-state index is 0.0396. The number of carbonyl (C=O) groups is 1. The van der Waals surface area contributed by atoms with Crippen LogP contribution >= 0.6 is 0 Å². The summed E-state index contributed by atoms with van der Waals surface area (Å²) in [5, 5.41) is 3.55. The molecule has 0 unspecified atom stereocenters. The van der Waals surface area contributed by atoms with Crippen molar-refractivity contribution in [2.24, 2.45) is 5.92 Å². The Bertz CT molecular complexity index is 889. The van der Waals surface area contributed by atoms with Gasteiger partial charge >= 0.3 is 0 Å². The van der Waals surface area contributed by atoms with Gasteiger partial charge in [-0.1, -0.05) is 55.0 Å². The standard InChI is InChI=1S/C27H34N2O/c1-19-8-6-9-20(2)24(19)26(30)28-25(22-12-4-3-5-13-22)27-16-14-23(15-17-27)29(27)18-21-10-7-11-21/h3-6,8-9,12-13,21,23,25H,7,10-11,14-18H2,1-2H3,(H,28,30)/t23?,25-,27?/m1/s1. The van der Waals surface area contributed by atoms with Crippen molar-refractivity contribution in [3.63, 3.8) is 0 Å². The van der Waals surface area contributed by atoms with E-state index in [0.29, 0.717) is 6.04 Å². The predicted molar refractivity (Wildman–Crippen MR) is 122 cm³/mol. The van der Waals surface area contributed by atoms with Crippen molar-refractivity contribution in [2.75, 3.05) is 6.54 Å². The molecule has 3 heteroatoms. The Kier molecular flexibility index (Phi) is 5.18. The van der Waals surface area contributed by atoms with Crippen molar-refractivity contribution < 1.29 is 4.79 Å². The van der Waals surface area contributed by atoms with Gasteiger partial charge in [0, 0.05) is 23.7 Å². The molecule has 2 saturated heterocycles. The molecular weight excluding hydrogens is 368 g/mol. The Morgan fingerprint density at radius 1 is 1.00 bits per heavy atom. The van der Waals surface area contributed by atoms with Gasteiger partial charge in [-0.05, 0) is 75.0 Å². The third-order valence-corrected chi connectivity index (χ3v) is 8.17. The lowest BCUT2D eigenvalue weighted by molar-refractivity contribution is 0.0630. The van der Waals surface area contributed by atoms with Crippen LogP contribution in [0.4, 0.5) is 0 Å². The first-order valence-corrected chi connectivity index (χ1v) is 11.8. The molecule has 2 bridgehead atoms. The molecule has 1 N–H and O–H groups in total. The van der Waals surface area contributed by atoms with Gasteiger partial charge in [-0.3, -0.25) is 9.69 Å². The van der Waals surface area contributed by atoms with Crippen LogP contribution in [0.5, 0.6) is 0 Å². The maximum Gasteiger partial charge on any atom is 0.252 e. The van der Waals surface area contributed by atoms with E-state index in [1.165, 1.54) is 57.1 Å². The Hall–Kier alpha value is -2.13. The van der Waals surface area contributed by atoms with Crippen LogP contribution in [0.2, 0.25) is 0 Å². The van der Waals surface area contributed by atoms with Crippen molar-refractivity contribution in [3.8, 4) is 0 Å². The summed E-state index contributed by atoms with van der Waals surface area (Å²) in [7, 11) is 0. The molecule has 30 heavy (non-hydrogen) atoms. The smallest absolute Gasteiger partial charge is 0.252 e. The van der Waals surface area contributed by atoms with E-state index in [4.69, 9.17) is 0 Å². The lowest BCUT2D eigenvalue weighted by atomic mass is 9.77. The van der Waals surface area contributed by atoms with E-state index in [1.807, 2.05) is 32.0 Å². The first kappa shape index (κ1) is 19.8. The van der Waals surface area contributed by atoms with Gasteiger partial charge in [0.1, 0.15) is 0 Å². The Morgan fingerprint density at radius 2 is 1.67 bits per heavy atom. The fourth-order valence-electron chi connectivity index (χ4n) is 6.35. The zero-order valence-electron chi connectivity index (χ0n) is 18.4. The zero-order valence-corrected chi connectivity index (χ0v) is 18.4. The first-order valence-electron chi connectivity index (χ1n) is 11.8. The first-order chi connectivity index (χ1) is 14.6. The number of carbonyl (C=O) groups excluding carboxylic acids is 1. The van der Waals surface area contributed by atoms with Gasteiger partial charge in [-0.25, -0.2) is 0 Å². The third kappa shape index (κ3) is 3.28. The molecule has 3 fully saturated rings. The third-order valence-electron chi connectivity index (χ3n) is 8.17. The summed E-state index contributed by atoms with van der Waals surface area (Å²) in [6.07, 6.45) is 9.08. The highest BCUT2D eigenvalue weighted by atomic mass is 16.1.